The molecule has 1 saturated carbocycles. The van der Waals surface area contributed by atoms with Gasteiger partial charge in [0.15, 0.2) is 0 Å². The molecule has 1 spiro atoms. The van der Waals surface area contributed by atoms with Crippen LogP contribution in [0.25, 0.3) is 0 Å². The summed E-state index contributed by atoms with van der Waals surface area (Å²) < 4.78 is 0. The smallest absolute Gasteiger partial charge is 0.248 e. The van der Waals surface area contributed by atoms with Gasteiger partial charge >= 0.3 is 0 Å². The second-order valence-corrected chi connectivity index (χ2v) is 7.69. The minimum absolute atomic E-state index is 0.139. The van der Waals surface area contributed by atoms with Gasteiger partial charge in [0, 0.05) is 18.4 Å². The normalized spacial score (nSPS) is 19.0. The third-order valence-electron chi connectivity index (χ3n) is 5.84. The van der Waals surface area contributed by atoms with Gasteiger partial charge in [0.25, 0.3) is 0 Å². The Balaban J connectivity index is 1.71. The van der Waals surface area contributed by atoms with Crippen LogP contribution in [0.3, 0.4) is 0 Å². The molecule has 2 heterocycles. The van der Waals surface area contributed by atoms with Crippen LogP contribution in [0.1, 0.15) is 42.5 Å². The van der Waals surface area contributed by atoms with E-state index in [1.807, 2.05) is 36.1 Å². The van der Waals surface area contributed by atoms with E-state index < -0.39 is 5.54 Å². The van der Waals surface area contributed by atoms with Crippen LogP contribution >= 0.6 is 11.6 Å². The van der Waals surface area contributed by atoms with Crippen molar-refractivity contribution in [3.63, 3.8) is 0 Å². The SMILES string of the molecule is Cc1c(N2CN(Cc3ccccn3)C3(CCCC3)C2=O)ccc(C#N)c1Cl. The van der Waals surface area contributed by atoms with Crippen molar-refractivity contribution in [1.29, 1.82) is 5.26 Å². The molecule has 0 radical (unpaired) electrons. The van der Waals surface area contributed by atoms with E-state index in [0.29, 0.717) is 23.8 Å². The highest BCUT2D eigenvalue weighted by Crippen LogP contribution is 2.44. The van der Waals surface area contributed by atoms with Crippen molar-refractivity contribution >= 4 is 23.2 Å². The van der Waals surface area contributed by atoms with Crippen LogP contribution < -0.4 is 4.90 Å². The quantitative estimate of drug-likeness (QED) is 0.806. The summed E-state index contributed by atoms with van der Waals surface area (Å²) >= 11 is 6.36. The number of carbonyl (C=O) groups is 1. The summed E-state index contributed by atoms with van der Waals surface area (Å²) in [6.45, 7) is 3.03. The second kappa shape index (κ2) is 6.95. The standard InChI is InChI=1S/C21H21ClN4O/c1-15-18(8-7-16(12-23)19(15)22)26-14-25(13-17-6-2-5-11-24-17)21(20(26)27)9-3-4-10-21/h2,5-8,11H,3-4,9-10,13-14H2,1H3. The van der Waals surface area contributed by atoms with Gasteiger partial charge in [-0.2, -0.15) is 5.26 Å². The molecule has 0 unspecified atom stereocenters. The molecule has 2 aliphatic rings. The molecule has 0 atom stereocenters. The van der Waals surface area contributed by atoms with E-state index >= 15 is 0 Å². The molecule has 1 amide bonds. The summed E-state index contributed by atoms with van der Waals surface area (Å²) in [4.78, 5) is 22.0. The Morgan fingerprint density at radius 1 is 1.26 bits per heavy atom. The fourth-order valence-corrected chi connectivity index (χ4v) is 4.58. The number of nitriles is 1. The van der Waals surface area contributed by atoms with Gasteiger partial charge in [0.2, 0.25) is 5.91 Å². The Morgan fingerprint density at radius 3 is 2.70 bits per heavy atom. The maximum absolute atomic E-state index is 13.5. The van der Waals surface area contributed by atoms with Crippen LogP contribution in [0.15, 0.2) is 36.5 Å². The summed E-state index contributed by atoms with van der Waals surface area (Å²) in [5.41, 5.74) is 2.51. The molecule has 0 bridgehead atoms. The van der Waals surface area contributed by atoms with Crippen LogP contribution in [0.2, 0.25) is 5.02 Å². The number of amides is 1. The van der Waals surface area contributed by atoms with E-state index in [2.05, 4.69) is 16.0 Å². The van der Waals surface area contributed by atoms with Gasteiger partial charge in [0.1, 0.15) is 11.6 Å². The molecule has 1 aliphatic heterocycles. The number of hydrogen-bond donors (Lipinski definition) is 0. The minimum Gasteiger partial charge on any atom is -0.297 e. The maximum atomic E-state index is 13.5. The third kappa shape index (κ3) is 2.90. The van der Waals surface area contributed by atoms with Crippen LogP contribution in [0.4, 0.5) is 5.69 Å². The highest BCUT2D eigenvalue weighted by Gasteiger charge is 2.54. The van der Waals surface area contributed by atoms with Gasteiger partial charge < -0.3 is 0 Å². The molecule has 0 N–H and O–H groups in total. The van der Waals surface area contributed by atoms with Crippen molar-refractivity contribution < 1.29 is 4.79 Å². The van der Waals surface area contributed by atoms with Crippen molar-refractivity contribution in [3.8, 4) is 6.07 Å². The monoisotopic (exact) mass is 380 g/mol. The molecule has 4 rings (SSSR count). The van der Waals surface area contributed by atoms with E-state index in [0.717, 1.165) is 42.6 Å². The predicted octanol–water partition coefficient (Wildman–Crippen LogP) is 4.03. The molecule has 138 valence electrons. The number of anilines is 1. The first-order valence-electron chi connectivity index (χ1n) is 9.23. The molecule has 5 nitrogen and oxygen atoms in total. The van der Waals surface area contributed by atoms with E-state index in [1.54, 1.807) is 12.3 Å². The summed E-state index contributed by atoms with van der Waals surface area (Å²) in [6, 6.07) is 11.5. The minimum atomic E-state index is -0.454. The molecule has 1 aliphatic carbocycles. The van der Waals surface area contributed by atoms with Gasteiger partial charge in [0.05, 0.1) is 22.9 Å². The first-order chi connectivity index (χ1) is 13.1. The zero-order chi connectivity index (χ0) is 19.0. The number of rotatable bonds is 3. The number of halogens is 1. The second-order valence-electron chi connectivity index (χ2n) is 7.32. The first kappa shape index (κ1) is 18.0. The zero-order valence-corrected chi connectivity index (χ0v) is 16.0. The van der Waals surface area contributed by atoms with Crippen LogP contribution in [0, 0.1) is 18.3 Å². The number of carbonyl (C=O) groups excluding carboxylic acids is 1. The molecule has 2 aromatic rings. The summed E-state index contributed by atoms with van der Waals surface area (Å²) in [6.07, 6.45) is 5.66. The molecule has 6 heteroatoms. The molecule has 1 aromatic heterocycles. The van der Waals surface area contributed by atoms with Gasteiger partial charge in [-0.05, 0) is 49.6 Å². The Hall–Kier alpha value is -2.42. The Labute approximate surface area is 164 Å². The van der Waals surface area contributed by atoms with Crippen molar-refractivity contribution in [1.82, 2.24) is 9.88 Å². The lowest BCUT2D eigenvalue weighted by molar-refractivity contribution is -0.125. The van der Waals surface area contributed by atoms with Gasteiger partial charge in [-0.15, -0.1) is 0 Å². The lowest BCUT2D eigenvalue weighted by Gasteiger charge is -2.30. The molecule has 27 heavy (non-hydrogen) atoms. The highest BCUT2D eigenvalue weighted by molar-refractivity contribution is 6.33. The van der Waals surface area contributed by atoms with Crippen molar-refractivity contribution in [2.24, 2.45) is 0 Å². The van der Waals surface area contributed by atoms with Crippen LogP contribution in [-0.4, -0.2) is 28.0 Å². The summed E-state index contributed by atoms with van der Waals surface area (Å²) in [5, 5.41) is 9.62. The summed E-state index contributed by atoms with van der Waals surface area (Å²) in [5.74, 6) is 0.139. The van der Waals surface area contributed by atoms with E-state index in [-0.39, 0.29) is 5.91 Å². The number of pyridine rings is 1. The molecule has 1 aromatic carbocycles. The lowest BCUT2D eigenvalue weighted by atomic mass is 9.95. The van der Waals surface area contributed by atoms with Gasteiger partial charge in [-0.1, -0.05) is 30.5 Å². The average Bonchev–Trinajstić information content (AvgIpc) is 3.27. The van der Waals surface area contributed by atoms with Gasteiger partial charge in [-0.3, -0.25) is 19.6 Å². The maximum Gasteiger partial charge on any atom is 0.248 e. The Bertz CT molecular complexity index is 916. The largest absolute Gasteiger partial charge is 0.297 e. The van der Waals surface area contributed by atoms with Crippen LogP contribution in [0.5, 0.6) is 0 Å². The molecular weight excluding hydrogens is 360 g/mol. The van der Waals surface area contributed by atoms with E-state index in [4.69, 9.17) is 11.6 Å². The van der Waals surface area contributed by atoms with Gasteiger partial charge in [-0.25, -0.2) is 0 Å². The molecular formula is C21H21ClN4O. The highest BCUT2D eigenvalue weighted by atomic mass is 35.5. The fraction of sp³-hybridized carbons (Fsp3) is 0.381. The lowest BCUT2D eigenvalue weighted by Crippen LogP contribution is -2.46. The van der Waals surface area contributed by atoms with Crippen molar-refractivity contribution in [2.45, 2.75) is 44.7 Å². The fourth-order valence-electron chi connectivity index (χ4n) is 4.37. The Morgan fingerprint density at radius 2 is 2.04 bits per heavy atom. The summed E-state index contributed by atoms with van der Waals surface area (Å²) in [7, 11) is 0. The van der Waals surface area contributed by atoms with Crippen LogP contribution in [-0.2, 0) is 11.3 Å². The first-order valence-corrected chi connectivity index (χ1v) is 9.61. The van der Waals surface area contributed by atoms with E-state index in [1.165, 1.54) is 0 Å². The number of nitrogens with zero attached hydrogens (tertiary/aromatic N) is 4. The number of aromatic nitrogens is 1. The predicted molar refractivity (Wildman–Crippen MR) is 104 cm³/mol. The average molecular weight is 381 g/mol. The van der Waals surface area contributed by atoms with E-state index in [9.17, 15) is 10.1 Å². The van der Waals surface area contributed by atoms with Crippen molar-refractivity contribution in [2.75, 3.05) is 11.6 Å². The zero-order valence-electron chi connectivity index (χ0n) is 15.3. The number of hydrogen-bond acceptors (Lipinski definition) is 4. The molecule has 1 saturated heterocycles. The third-order valence-corrected chi connectivity index (χ3v) is 6.33. The van der Waals surface area contributed by atoms with Crippen molar-refractivity contribution in [3.05, 3.63) is 58.4 Å². The topological polar surface area (TPSA) is 60.2 Å². The number of benzene rings is 1. The molecule has 2 fully saturated rings. The Kier molecular flexibility index (Phi) is 4.63.